The van der Waals surface area contributed by atoms with E-state index in [2.05, 4.69) is 34.6 Å². The third-order valence-electron chi connectivity index (χ3n) is 6.19. The van der Waals surface area contributed by atoms with Crippen LogP contribution in [-0.2, 0) is 31.7 Å². The second-order valence-corrected chi connectivity index (χ2v) is 9.12. The summed E-state index contributed by atoms with van der Waals surface area (Å²) in [5.41, 5.74) is 3.59. The van der Waals surface area contributed by atoms with Gasteiger partial charge in [-0.05, 0) is 42.5 Å². The zero-order valence-corrected chi connectivity index (χ0v) is 27.3. The van der Waals surface area contributed by atoms with Crippen molar-refractivity contribution < 1.29 is 22.0 Å². The number of imidazole rings is 3. The van der Waals surface area contributed by atoms with Crippen molar-refractivity contribution in [1.82, 2.24) is 38.6 Å². The van der Waals surface area contributed by atoms with E-state index in [0.717, 1.165) is 40.1 Å². The van der Waals surface area contributed by atoms with Crippen LogP contribution < -0.4 is 0 Å². The Kier molecular flexibility index (Phi) is 12.2. The second kappa shape index (κ2) is 16.8. The van der Waals surface area contributed by atoms with Crippen LogP contribution in [-0.4, -0.2) is 38.6 Å². The summed E-state index contributed by atoms with van der Waals surface area (Å²) in [5.74, 6) is 2.35. The van der Waals surface area contributed by atoms with Gasteiger partial charge >= 0.3 is 27.2 Å². The van der Waals surface area contributed by atoms with Gasteiger partial charge in [0, 0.05) is 74.9 Å². The molecular formula is C33H29ClFN8Os. The Labute approximate surface area is 269 Å². The molecule has 2 aromatic carbocycles. The first-order valence-electron chi connectivity index (χ1n) is 13.4. The van der Waals surface area contributed by atoms with Crippen LogP contribution >= 0.6 is 9.64 Å². The Morgan fingerprint density at radius 1 is 0.545 bits per heavy atom. The SMILES string of the molecule is Cn1ccnc1-c1ccccn1.Cn1ccnc1-c1ccccn1.Fc1cccc(-n2ccnc2-c2ccccc2)c1.[Cl][Os]. The topological polar surface area (TPSA) is 79.2 Å². The number of hydrogen-bond donors (Lipinski definition) is 0. The summed E-state index contributed by atoms with van der Waals surface area (Å²) in [5, 5.41) is 0. The van der Waals surface area contributed by atoms with Crippen molar-refractivity contribution in [3.05, 3.63) is 146 Å². The van der Waals surface area contributed by atoms with Gasteiger partial charge in [-0.2, -0.15) is 0 Å². The predicted molar refractivity (Wildman–Crippen MR) is 168 cm³/mol. The van der Waals surface area contributed by atoms with Gasteiger partial charge in [0.25, 0.3) is 0 Å². The van der Waals surface area contributed by atoms with Crippen LogP contribution in [0, 0.1) is 5.82 Å². The van der Waals surface area contributed by atoms with Crippen molar-refractivity contribution in [2.24, 2.45) is 14.1 Å². The Morgan fingerprint density at radius 3 is 1.55 bits per heavy atom. The first-order valence-corrected chi connectivity index (χ1v) is 16.5. The van der Waals surface area contributed by atoms with E-state index < -0.39 is 0 Å². The molecule has 7 aromatic rings. The molecule has 5 heterocycles. The van der Waals surface area contributed by atoms with Crippen LogP contribution in [0.1, 0.15) is 0 Å². The van der Waals surface area contributed by atoms with E-state index in [0.29, 0.717) is 0 Å². The van der Waals surface area contributed by atoms with E-state index in [9.17, 15) is 4.39 Å². The zero-order valence-electron chi connectivity index (χ0n) is 24.0. The van der Waals surface area contributed by atoms with E-state index in [-0.39, 0.29) is 5.82 Å². The first-order chi connectivity index (χ1) is 21.6. The molecule has 8 nitrogen and oxygen atoms in total. The second-order valence-electron chi connectivity index (χ2n) is 9.12. The van der Waals surface area contributed by atoms with Crippen molar-refractivity contribution in [3.8, 4) is 40.1 Å². The van der Waals surface area contributed by atoms with Gasteiger partial charge in [-0.3, -0.25) is 14.5 Å². The van der Waals surface area contributed by atoms with Gasteiger partial charge in [-0.1, -0.05) is 48.5 Å². The third-order valence-corrected chi connectivity index (χ3v) is 6.19. The van der Waals surface area contributed by atoms with Crippen LogP contribution in [0.15, 0.2) is 141 Å². The third kappa shape index (κ3) is 8.63. The van der Waals surface area contributed by atoms with Gasteiger partial charge in [-0.25, -0.2) is 19.3 Å². The first kappa shape index (κ1) is 32.1. The molecule has 0 saturated heterocycles. The normalized spacial score (nSPS) is 9.93. The van der Waals surface area contributed by atoms with E-state index in [1.165, 1.54) is 29.7 Å². The summed E-state index contributed by atoms with van der Waals surface area (Å²) in [6, 6.07) is 27.9. The van der Waals surface area contributed by atoms with Crippen LogP contribution in [0.3, 0.4) is 0 Å². The molecule has 0 aliphatic carbocycles. The summed E-state index contributed by atoms with van der Waals surface area (Å²) in [4.78, 5) is 21.1. The maximum absolute atomic E-state index is 13.3. The molecule has 5 aromatic heterocycles. The number of rotatable bonds is 4. The van der Waals surface area contributed by atoms with E-state index in [4.69, 9.17) is 0 Å². The molecule has 0 unspecified atom stereocenters. The van der Waals surface area contributed by atoms with Gasteiger partial charge in [0.05, 0.1) is 0 Å². The number of hydrogen-bond acceptors (Lipinski definition) is 5. The number of aryl methyl sites for hydroxylation is 2. The summed E-state index contributed by atoms with van der Waals surface area (Å²) >= 11 is 1.33. The molecule has 44 heavy (non-hydrogen) atoms. The monoisotopic (exact) mass is 783 g/mol. The molecule has 0 saturated carbocycles. The molecule has 11 heteroatoms. The summed E-state index contributed by atoms with van der Waals surface area (Å²) in [7, 11) is 8.58. The minimum absolute atomic E-state index is 0.250. The Bertz CT molecular complexity index is 1750. The number of pyridine rings is 2. The van der Waals surface area contributed by atoms with Gasteiger partial charge < -0.3 is 9.13 Å². The molecule has 0 aliphatic rings. The molecule has 0 atom stereocenters. The molecule has 7 rings (SSSR count). The van der Waals surface area contributed by atoms with Crippen LogP contribution in [0.2, 0.25) is 0 Å². The summed E-state index contributed by atoms with van der Waals surface area (Å²) < 4.78 is 19.0. The Morgan fingerprint density at radius 2 is 1.07 bits per heavy atom. The van der Waals surface area contributed by atoms with Crippen LogP contribution in [0.5, 0.6) is 0 Å². The van der Waals surface area contributed by atoms with Crippen LogP contribution in [0.4, 0.5) is 4.39 Å². The zero-order chi connectivity index (χ0) is 31.1. The molecule has 0 spiro atoms. The maximum atomic E-state index is 13.3. The number of aromatic nitrogens is 8. The average Bonchev–Trinajstić information content (AvgIpc) is 3.85. The fourth-order valence-corrected chi connectivity index (χ4v) is 4.15. The summed E-state index contributed by atoms with van der Waals surface area (Å²) in [6.45, 7) is 0. The van der Waals surface area contributed by atoms with Gasteiger partial charge in [0.1, 0.15) is 23.0 Å². The number of nitrogens with zero attached hydrogens (tertiary/aromatic N) is 8. The molecule has 0 N–H and O–H groups in total. The van der Waals surface area contributed by atoms with Crippen molar-refractivity contribution in [2.75, 3.05) is 0 Å². The van der Waals surface area contributed by atoms with Crippen molar-refractivity contribution in [1.29, 1.82) is 0 Å². The molecule has 0 amide bonds. The van der Waals surface area contributed by atoms with Gasteiger partial charge in [0.2, 0.25) is 0 Å². The number of halogens is 2. The molecule has 0 aliphatic heterocycles. The van der Waals surface area contributed by atoms with Crippen LogP contribution in [0.25, 0.3) is 40.1 Å². The summed E-state index contributed by atoms with van der Waals surface area (Å²) in [6.07, 6.45) is 14.4. The van der Waals surface area contributed by atoms with Gasteiger partial charge in [-0.15, -0.1) is 0 Å². The quantitative estimate of drug-likeness (QED) is 0.187. The van der Waals surface area contributed by atoms with E-state index >= 15 is 0 Å². The standard InChI is InChI=1S/C15H11FN2.2C9H9N3.ClH.Os/c16-13-7-4-8-14(11-13)18-10-9-17-15(18)12-5-2-1-3-6-12;2*1-12-7-6-11-9(12)8-4-2-3-5-10-8;;/h1-11H;2*2-7H,1H3;1H;/q;;;;+1/p-1. The van der Waals surface area contributed by atoms with Gasteiger partial charge in [0.15, 0.2) is 11.6 Å². The fraction of sp³-hybridized carbons (Fsp3) is 0.0606. The Hall–Kier alpha value is -4.77. The molecular weight excluding hydrogens is 753 g/mol. The fourth-order valence-electron chi connectivity index (χ4n) is 4.15. The minimum atomic E-state index is -0.250. The molecule has 0 bridgehead atoms. The van der Waals surface area contributed by atoms with Crippen molar-refractivity contribution >= 4 is 9.64 Å². The molecule has 223 valence electrons. The van der Waals surface area contributed by atoms with Crippen molar-refractivity contribution in [3.63, 3.8) is 0 Å². The predicted octanol–water partition coefficient (Wildman–Crippen LogP) is 7.33. The van der Waals surface area contributed by atoms with E-state index in [1.54, 1.807) is 37.1 Å². The van der Waals surface area contributed by atoms with Crippen molar-refractivity contribution in [2.45, 2.75) is 0 Å². The number of benzene rings is 2. The molecule has 0 radical (unpaired) electrons. The molecule has 0 fully saturated rings. The average molecular weight is 782 g/mol. The van der Waals surface area contributed by atoms with E-state index in [1.807, 2.05) is 119 Å². The Balaban J connectivity index is 0.000000151.